The largest absolute Gasteiger partial charge is 0.483 e. The Morgan fingerprint density at radius 2 is 1.96 bits per heavy atom. The third-order valence-electron chi connectivity index (χ3n) is 3.36. The molecule has 24 heavy (non-hydrogen) atoms. The van der Waals surface area contributed by atoms with Gasteiger partial charge in [0.25, 0.3) is 11.8 Å². The van der Waals surface area contributed by atoms with E-state index in [1.54, 1.807) is 24.3 Å². The van der Waals surface area contributed by atoms with Gasteiger partial charge in [0.1, 0.15) is 5.75 Å². The molecule has 2 amide bonds. The van der Waals surface area contributed by atoms with Gasteiger partial charge in [0.15, 0.2) is 6.61 Å². The first-order valence-electron chi connectivity index (χ1n) is 7.61. The number of rotatable bonds is 7. The van der Waals surface area contributed by atoms with Crippen molar-refractivity contribution in [2.24, 2.45) is 5.73 Å². The Labute approximate surface area is 149 Å². The number of ether oxygens (including phenoxy) is 1. The summed E-state index contributed by atoms with van der Waals surface area (Å²) in [6.07, 6.45) is 2.05. The molecule has 0 saturated carbocycles. The molecule has 0 heterocycles. The third-order valence-corrected chi connectivity index (χ3v) is 3.98. The summed E-state index contributed by atoms with van der Waals surface area (Å²) in [7, 11) is 0. The van der Waals surface area contributed by atoms with Crippen LogP contribution in [0.2, 0.25) is 0 Å². The van der Waals surface area contributed by atoms with Gasteiger partial charge in [-0.2, -0.15) is 0 Å². The molecule has 0 spiro atoms. The Hall–Kier alpha value is -2.34. The van der Waals surface area contributed by atoms with Gasteiger partial charge in [-0.15, -0.1) is 0 Å². The van der Waals surface area contributed by atoms with Crippen LogP contribution in [0.5, 0.6) is 5.75 Å². The molecule has 0 saturated heterocycles. The zero-order chi connectivity index (χ0) is 17.5. The maximum absolute atomic E-state index is 12.0. The van der Waals surface area contributed by atoms with Crippen molar-refractivity contribution in [2.45, 2.75) is 19.8 Å². The van der Waals surface area contributed by atoms with E-state index in [0.29, 0.717) is 11.4 Å². The average molecular weight is 391 g/mol. The topological polar surface area (TPSA) is 81.4 Å². The van der Waals surface area contributed by atoms with Crippen LogP contribution in [0.15, 0.2) is 46.9 Å². The lowest BCUT2D eigenvalue weighted by atomic mass is 10.1. The van der Waals surface area contributed by atoms with Crippen LogP contribution in [-0.2, 0) is 11.2 Å². The Bertz CT molecular complexity index is 747. The highest BCUT2D eigenvalue weighted by molar-refractivity contribution is 9.10. The predicted octanol–water partition coefficient (Wildman–Crippen LogP) is 3.52. The average Bonchev–Trinajstić information content (AvgIpc) is 2.54. The zero-order valence-corrected chi connectivity index (χ0v) is 14.9. The zero-order valence-electron chi connectivity index (χ0n) is 13.3. The lowest BCUT2D eigenvalue weighted by Crippen LogP contribution is -2.23. The Balaban J connectivity index is 1.98. The molecule has 2 rings (SSSR count). The second-order valence-corrected chi connectivity index (χ2v) is 6.12. The number of hydrogen-bond donors (Lipinski definition) is 2. The molecule has 5 nitrogen and oxygen atoms in total. The molecule has 3 N–H and O–H groups in total. The van der Waals surface area contributed by atoms with Crippen LogP contribution in [0.1, 0.15) is 29.3 Å². The van der Waals surface area contributed by atoms with E-state index in [1.807, 2.05) is 18.2 Å². The minimum atomic E-state index is -0.596. The molecule has 0 atom stereocenters. The lowest BCUT2D eigenvalue weighted by Gasteiger charge is -2.11. The highest BCUT2D eigenvalue weighted by Gasteiger charge is 2.11. The van der Waals surface area contributed by atoms with Gasteiger partial charge < -0.3 is 15.8 Å². The minimum absolute atomic E-state index is 0.168. The fourth-order valence-electron chi connectivity index (χ4n) is 2.24. The van der Waals surface area contributed by atoms with Crippen LogP contribution in [0.25, 0.3) is 0 Å². The second kappa shape index (κ2) is 8.49. The number of nitrogens with two attached hydrogens (primary N) is 1. The molecule has 0 radical (unpaired) electrons. The summed E-state index contributed by atoms with van der Waals surface area (Å²) in [5.41, 5.74) is 7.12. The van der Waals surface area contributed by atoms with E-state index in [-0.39, 0.29) is 18.1 Å². The van der Waals surface area contributed by atoms with E-state index in [4.69, 9.17) is 10.5 Å². The summed E-state index contributed by atoms with van der Waals surface area (Å²) in [6.45, 7) is 1.95. The van der Waals surface area contributed by atoms with Crippen LogP contribution < -0.4 is 15.8 Å². The van der Waals surface area contributed by atoms with Crippen LogP contribution in [0.3, 0.4) is 0 Å². The fraction of sp³-hybridized carbons (Fsp3) is 0.222. The number of carbonyl (C=O) groups is 2. The number of anilines is 1. The van der Waals surface area contributed by atoms with Gasteiger partial charge in [0.2, 0.25) is 0 Å². The highest BCUT2D eigenvalue weighted by Crippen LogP contribution is 2.26. The van der Waals surface area contributed by atoms with Crippen LogP contribution in [-0.4, -0.2) is 18.4 Å². The number of para-hydroxylation sites is 1. The van der Waals surface area contributed by atoms with Crippen molar-refractivity contribution in [3.8, 4) is 5.75 Å². The van der Waals surface area contributed by atoms with Crippen molar-refractivity contribution >= 4 is 33.4 Å². The van der Waals surface area contributed by atoms with Crippen molar-refractivity contribution in [3.05, 3.63) is 58.1 Å². The first-order valence-corrected chi connectivity index (χ1v) is 8.40. The van der Waals surface area contributed by atoms with E-state index in [1.165, 1.54) is 5.56 Å². The Morgan fingerprint density at radius 1 is 1.21 bits per heavy atom. The van der Waals surface area contributed by atoms with Crippen molar-refractivity contribution in [1.29, 1.82) is 0 Å². The molecule has 126 valence electrons. The number of aryl methyl sites for hydroxylation is 1. The van der Waals surface area contributed by atoms with Gasteiger partial charge in [0.05, 0.1) is 15.7 Å². The first-order chi connectivity index (χ1) is 11.5. The summed E-state index contributed by atoms with van der Waals surface area (Å²) in [4.78, 5) is 23.4. The molecule has 0 fully saturated rings. The van der Waals surface area contributed by atoms with Gasteiger partial charge in [0, 0.05) is 0 Å². The SMILES string of the molecule is CCCc1ccc(OCC(=O)Nc2ccccc2C(N)=O)c(Br)c1. The number of primary amides is 1. The number of halogens is 1. The number of hydrogen-bond acceptors (Lipinski definition) is 3. The maximum Gasteiger partial charge on any atom is 0.262 e. The maximum atomic E-state index is 12.0. The molecule has 0 unspecified atom stereocenters. The molecular weight excluding hydrogens is 372 g/mol. The van der Waals surface area contributed by atoms with Gasteiger partial charge in [-0.05, 0) is 52.2 Å². The first kappa shape index (κ1) is 18.0. The van der Waals surface area contributed by atoms with E-state index in [0.717, 1.165) is 17.3 Å². The number of nitrogens with one attached hydrogen (secondary N) is 1. The molecule has 2 aromatic rings. The normalized spacial score (nSPS) is 10.2. The summed E-state index contributed by atoms with van der Waals surface area (Å²) in [5.74, 6) is -0.373. The molecule has 6 heteroatoms. The van der Waals surface area contributed by atoms with Crippen LogP contribution in [0, 0.1) is 0 Å². The van der Waals surface area contributed by atoms with Crippen LogP contribution >= 0.6 is 15.9 Å². The van der Waals surface area contributed by atoms with Crippen molar-refractivity contribution in [2.75, 3.05) is 11.9 Å². The molecule has 0 aliphatic rings. The van der Waals surface area contributed by atoms with E-state index in [9.17, 15) is 9.59 Å². The van der Waals surface area contributed by atoms with Gasteiger partial charge in [-0.1, -0.05) is 31.5 Å². The van der Waals surface area contributed by atoms with E-state index >= 15 is 0 Å². The van der Waals surface area contributed by atoms with E-state index < -0.39 is 5.91 Å². The fourth-order valence-corrected chi connectivity index (χ4v) is 2.78. The van der Waals surface area contributed by atoms with Gasteiger partial charge >= 0.3 is 0 Å². The highest BCUT2D eigenvalue weighted by atomic mass is 79.9. The Kier molecular flexibility index (Phi) is 6.37. The van der Waals surface area contributed by atoms with Crippen molar-refractivity contribution in [1.82, 2.24) is 0 Å². The molecular formula is C18H19BrN2O3. The van der Waals surface area contributed by atoms with Gasteiger partial charge in [-0.25, -0.2) is 0 Å². The summed E-state index contributed by atoms with van der Waals surface area (Å²) in [6, 6.07) is 12.4. The van der Waals surface area contributed by atoms with Gasteiger partial charge in [-0.3, -0.25) is 9.59 Å². The predicted molar refractivity (Wildman–Crippen MR) is 97.2 cm³/mol. The summed E-state index contributed by atoms with van der Waals surface area (Å²) in [5, 5.41) is 2.63. The number of amides is 2. The molecule has 0 bridgehead atoms. The smallest absolute Gasteiger partial charge is 0.262 e. The van der Waals surface area contributed by atoms with Crippen molar-refractivity contribution < 1.29 is 14.3 Å². The van der Waals surface area contributed by atoms with Crippen molar-refractivity contribution in [3.63, 3.8) is 0 Å². The minimum Gasteiger partial charge on any atom is -0.483 e. The lowest BCUT2D eigenvalue weighted by molar-refractivity contribution is -0.118. The van der Waals surface area contributed by atoms with Crippen LogP contribution in [0.4, 0.5) is 5.69 Å². The number of carbonyl (C=O) groups excluding carboxylic acids is 2. The molecule has 0 aliphatic heterocycles. The van der Waals surface area contributed by atoms with E-state index in [2.05, 4.69) is 28.2 Å². The molecule has 2 aromatic carbocycles. The third kappa shape index (κ3) is 4.83. The summed E-state index contributed by atoms with van der Waals surface area (Å²) >= 11 is 3.45. The second-order valence-electron chi connectivity index (χ2n) is 5.26. The standard InChI is InChI=1S/C18H19BrN2O3/c1-2-5-12-8-9-16(14(19)10-12)24-11-17(22)21-15-7-4-3-6-13(15)18(20)23/h3-4,6-10H,2,5,11H2,1H3,(H2,20,23)(H,21,22). The molecule has 0 aromatic heterocycles. The quantitative estimate of drug-likeness (QED) is 0.758. The number of benzene rings is 2. The Morgan fingerprint density at radius 3 is 2.62 bits per heavy atom. The monoisotopic (exact) mass is 390 g/mol. The molecule has 0 aliphatic carbocycles. The summed E-state index contributed by atoms with van der Waals surface area (Å²) < 4.78 is 6.33.